The fourth-order valence-corrected chi connectivity index (χ4v) is 3.64. The molecule has 2 heterocycles. The molecule has 0 atom stereocenters. The molecule has 2 aromatic carbocycles. The predicted octanol–water partition coefficient (Wildman–Crippen LogP) is 5.50. The van der Waals surface area contributed by atoms with Crippen molar-refractivity contribution in [2.24, 2.45) is 0 Å². The average molecular weight is 393 g/mol. The monoisotopic (exact) mass is 392 g/mol. The SMILES string of the molecule is CCN(CC)c1ccc(-c2ccc(-c3nc4nc(O)[nH]c4cc3Cl)cc2)cc1. The summed E-state index contributed by atoms with van der Waals surface area (Å²) in [6.07, 6.45) is 0. The predicted molar refractivity (Wildman–Crippen MR) is 115 cm³/mol. The van der Waals surface area contributed by atoms with E-state index in [9.17, 15) is 5.11 Å². The van der Waals surface area contributed by atoms with E-state index in [1.807, 2.05) is 12.1 Å². The zero-order chi connectivity index (χ0) is 19.7. The number of imidazole rings is 1. The maximum atomic E-state index is 9.50. The van der Waals surface area contributed by atoms with Crippen molar-refractivity contribution in [1.29, 1.82) is 0 Å². The van der Waals surface area contributed by atoms with E-state index in [1.165, 1.54) is 5.69 Å². The molecular weight excluding hydrogens is 372 g/mol. The third-order valence-corrected chi connectivity index (χ3v) is 5.19. The third kappa shape index (κ3) is 3.41. The van der Waals surface area contributed by atoms with Gasteiger partial charge in [-0.2, -0.15) is 4.98 Å². The molecule has 2 aromatic heterocycles. The van der Waals surface area contributed by atoms with Gasteiger partial charge < -0.3 is 15.0 Å². The second-order valence-corrected chi connectivity index (χ2v) is 6.95. The Labute approximate surface area is 168 Å². The molecule has 0 aliphatic carbocycles. The molecule has 28 heavy (non-hydrogen) atoms. The van der Waals surface area contributed by atoms with Crippen LogP contribution >= 0.6 is 11.6 Å². The Morgan fingerprint density at radius 3 is 2.07 bits per heavy atom. The van der Waals surface area contributed by atoms with E-state index in [0.717, 1.165) is 29.8 Å². The van der Waals surface area contributed by atoms with Crippen molar-refractivity contribution >= 4 is 28.5 Å². The molecule has 0 spiro atoms. The molecule has 4 rings (SSSR count). The number of hydrogen-bond donors (Lipinski definition) is 2. The van der Waals surface area contributed by atoms with Crippen molar-refractivity contribution in [2.45, 2.75) is 13.8 Å². The van der Waals surface area contributed by atoms with Crippen molar-refractivity contribution in [1.82, 2.24) is 15.0 Å². The number of benzene rings is 2. The molecule has 0 aliphatic heterocycles. The lowest BCUT2D eigenvalue weighted by atomic mass is 10.0. The maximum Gasteiger partial charge on any atom is 0.293 e. The molecule has 0 saturated heterocycles. The summed E-state index contributed by atoms with van der Waals surface area (Å²) >= 11 is 6.38. The third-order valence-electron chi connectivity index (χ3n) is 4.90. The second-order valence-electron chi connectivity index (χ2n) is 6.55. The summed E-state index contributed by atoms with van der Waals surface area (Å²) in [4.78, 5) is 13.5. The zero-order valence-corrected chi connectivity index (χ0v) is 16.5. The fraction of sp³-hybridized carbons (Fsp3) is 0.182. The first-order valence-corrected chi connectivity index (χ1v) is 9.68. The van der Waals surface area contributed by atoms with Gasteiger partial charge in [-0.1, -0.05) is 48.0 Å². The van der Waals surface area contributed by atoms with Gasteiger partial charge >= 0.3 is 0 Å². The van der Waals surface area contributed by atoms with Gasteiger partial charge in [-0.15, -0.1) is 0 Å². The van der Waals surface area contributed by atoms with Crippen LogP contribution in [0.1, 0.15) is 13.8 Å². The lowest BCUT2D eigenvalue weighted by molar-refractivity contribution is 0.438. The highest BCUT2D eigenvalue weighted by molar-refractivity contribution is 6.33. The van der Waals surface area contributed by atoms with E-state index < -0.39 is 0 Å². The number of hydrogen-bond acceptors (Lipinski definition) is 4. The summed E-state index contributed by atoms with van der Waals surface area (Å²) in [7, 11) is 0. The largest absolute Gasteiger partial charge is 0.480 e. The number of fused-ring (bicyclic) bond motifs is 1. The topological polar surface area (TPSA) is 65.0 Å². The number of aromatic amines is 1. The number of aromatic hydroxyl groups is 1. The van der Waals surface area contributed by atoms with Gasteiger partial charge in [0.05, 0.1) is 16.2 Å². The minimum absolute atomic E-state index is 0.167. The van der Waals surface area contributed by atoms with Crippen LogP contribution in [-0.2, 0) is 0 Å². The van der Waals surface area contributed by atoms with Crippen LogP contribution in [0.2, 0.25) is 5.02 Å². The van der Waals surface area contributed by atoms with Gasteiger partial charge in [-0.3, -0.25) is 0 Å². The number of nitrogens with one attached hydrogen (secondary N) is 1. The summed E-state index contributed by atoms with van der Waals surface area (Å²) in [6, 6.07) is 18.3. The van der Waals surface area contributed by atoms with Gasteiger partial charge in [0.15, 0.2) is 5.65 Å². The van der Waals surface area contributed by atoms with Gasteiger partial charge in [0.25, 0.3) is 6.01 Å². The smallest absolute Gasteiger partial charge is 0.293 e. The van der Waals surface area contributed by atoms with Crippen LogP contribution in [0.5, 0.6) is 6.01 Å². The minimum atomic E-state index is -0.167. The highest BCUT2D eigenvalue weighted by atomic mass is 35.5. The zero-order valence-electron chi connectivity index (χ0n) is 15.8. The molecule has 0 aliphatic rings. The number of pyridine rings is 1. The molecule has 142 valence electrons. The quantitative estimate of drug-likeness (QED) is 0.470. The van der Waals surface area contributed by atoms with Crippen LogP contribution in [0.4, 0.5) is 5.69 Å². The summed E-state index contributed by atoms with van der Waals surface area (Å²) in [5, 5.41) is 10.0. The number of anilines is 1. The second kappa shape index (κ2) is 7.52. The van der Waals surface area contributed by atoms with Crippen molar-refractivity contribution in [3.8, 4) is 28.4 Å². The van der Waals surface area contributed by atoms with Gasteiger partial charge in [0.2, 0.25) is 0 Å². The van der Waals surface area contributed by atoms with Gasteiger partial charge in [0.1, 0.15) is 0 Å². The van der Waals surface area contributed by atoms with Gasteiger partial charge in [0, 0.05) is 24.3 Å². The lowest BCUT2D eigenvalue weighted by Crippen LogP contribution is -2.21. The molecule has 0 fully saturated rings. The molecule has 6 heteroatoms. The van der Waals surface area contributed by atoms with Crippen molar-refractivity contribution < 1.29 is 5.11 Å². The van der Waals surface area contributed by atoms with E-state index in [2.05, 4.69) is 70.1 Å². The molecule has 2 N–H and O–H groups in total. The standard InChI is InChI=1S/C22H21ClN4O/c1-3-27(4-2)17-11-9-15(10-12-17)14-5-7-16(8-6-14)20-18(23)13-19-21(25-20)26-22(28)24-19/h5-13H,3-4H2,1-2H3,(H2,24,25,26,28). The van der Waals surface area contributed by atoms with E-state index in [4.69, 9.17) is 11.6 Å². The van der Waals surface area contributed by atoms with Crippen LogP contribution in [0.3, 0.4) is 0 Å². The Morgan fingerprint density at radius 2 is 1.46 bits per heavy atom. The van der Waals surface area contributed by atoms with Crippen LogP contribution in [0, 0.1) is 0 Å². The molecule has 0 saturated carbocycles. The van der Waals surface area contributed by atoms with Crippen LogP contribution in [0.15, 0.2) is 54.6 Å². The fourth-order valence-electron chi connectivity index (χ4n) is 3.38. The van der Waals surface area contributed by atoms with E-state index in [1.54, 1.807) is 6.07 Å². The highest BCUT2D eigenvalue weighted by Gasteiger charge is 2.11. The first kappa shape index (κ1) is 18.3. The molecule has 0 amide bonds. The highest BCUT2D eigenvalue weighted by Crippen LogP contribution is 2.31. The lowest BCUT2D eigenvalue weighted by Gasteiger charge is -2.21. The Bertz CT molecular complexity index is 1100. The number of aromatic nitrogens is 3. The van der Waals surface area contributed by atoms with Crippen LogP contribution in [0.25, 0.3) is 33.5 Å². The van der Waals surface area contributed by atoms with Crippen LogP contribution in [-0.4, -0.2) is 33.1 Å². The summed E-state index contributed by atoms with van der Waals surface area (Å²) in [5.74, 6) is 0. The molecule has 5 nitrogen and oxygen atoms in total. The Hall–Kier alpha value is -3.05. The number of nitrogens with zero attached hydrogens (tertiary/aromatic N) is 3. The van der Waals surface area contributed by atoms with E-state index in [-0.39, 0.29) is 6.01 Å². The minimum Gasteiger partial charge on any atom is -0.480 e. The van der Waals surface area contributed by atoms with Crippen molar-refractivity contribution in [2.75, 3.05) is 18.0 Å². The molecule has 0 bridgehead atoms. The Balaban J connectivity index is 1.63. The van der Waals surface area contributed by atoms with E-state index in [0.29, 0.717) is 21.9 Å². The molecule has 0 radical (unpaired) electrons. The molecule has 4 aromatic rings. The number of rotatable bonds is 5. The Kier molecular flexibility index (Phi) is 4.92. The van der Waals surface area contributed by atoms with E-state index >= 15 is 0 Å². The number of halogens is 1. The summed E-state index contributed by atoms with van der Waals surface area (Å²) in [6.45, 7) is 6.32. The average Bonchev–Trinajstić information content (AvgIpc) is 3.08. The molecule has 0 unspecified atom stereocenters. The number of H-pyrrole nitrogens is 1. The van der Waals surface area contributed by atoms with Crippen molar-refractivity contribution in [3.63, 3.8) is 0 Å². The molecular formula is C22H21ClN4O. The first-order chi connectivity index (χ1) is 13.6. The summed E-state index contributed by atoms with van der Waals surface area (Å²) < 4.78 is 0. The normalized spacial score (nSPS) is 11.1. The summed E-state index contributed by atoms with van der Waals surface area (Å²) in [5.41, 5.74) is 6.11. The maximum absolute atomic E-state index is 9.50. The van der Waals surface area contributed by atoms with Gasteiger partial charge in [-0.05, 0) is 43.2 Å². The van der Waals surface area contributed by atoms with Gasteiger partial charge in [-0.25, -0.2) is 4.98 Å². The first-order valence-electron chi connectivity index (χ1n) is 9.30. The van der Waals surface area contributed by atoms with Crippen LogP contribution < -0.4 is 4.90 Å². The van der Waals surface area contributed by atoms with Crippen molar-refractivity contribution in [3.05, 3.63) is 59.6 Å². The Morgan fingerprint density at radius 1 is 0.893 bits per heavy atom.